The van der Waals surface area contributed by atoms with Crippen molar-refractivity contribution in [3.8, 4) is 6.07 Å². The minimum Gasteiger partial charge on any atom is -0.424 e. The van der Waals surface area contributed by atoms with Crippen LogP contribution in [0.3, 0.4) is 0 Å². The monoisotopic (exact) mass is 324 g/mol. The topological polar surface area (TPSA) is 90.9 Å². The summed E-state index contributed by atoms with van der Waals surface area (Å²) in [6.07, 6.45) is 5.18. The number of hydrogen-bond donors (Lipinski definition) is 1. The van der Waals surface area contributed by atoms with Crippen LogP contribution in [0.4, 0.5) is 5.82 Å². The van der Waals surface area contributed by atoms with E-state index in [4.69, 9.17) is 9.68 Å². The SMILES string of the molecule is N#Cc1cccnc1NC[C@H]1CCN(Cc2nnc(C3CC3)o2)C1. The Morgan fingerprint density at radius 1 is 1.33 bits per heavy atom. The van der Waals surface area contributed by atoms with Gasteiger partial charge < -0.3 is 9.73 Å². The van der Waals surface area contributed by atoms with E-state index >= 15 is 0 Å². The van der Waals surface area contributed by atoms with E-state index in [1.54, 1.807) is 18.3 Å². The van der Waals surface area contributed by atoms with Crippen molar-refractivity contribution >= 4 is 5.82 Å². The van der Waals surface area contributed by atoms with Gasteiger partial charge in [-0.3, -0.25) is 4.90 Å². The van der Waals surface area contributed by atoms with Crippen LogP contribution in [0.5, 0.6) is 0 Å². The Kier molecular flexibility index (Phi) is 4.13. The van der Waals surface area contributed by atoms with E-state index < -0.39 is 0 Å². The molecule has 0 spiro atoms. The molecule has 0 aromatic carbocycles. The van der Waals surface area contributed by atoms with Gasteiger partial charge >= 0.3 is 0 Å². The minimum atomic E-state index is 0.509. The number of pyridine rings is 1. The van der Waals surface area contributed by atoms with E-state index in [1.165, 1.54) is 12.8 Å². The van der Waals surface area contributed by atoms with Crippen LogP contribution in [0.15, 0.2) is 22.7 Å². The Hall–Kier alpha value is -2.46. The Balaban J connectivity index is 1.27. The zero-order chi connectivity index (χ0) is 16.4. The van der Waals surface area contributed by atoms with Gasteiger partial charge in [0.05, 0.1) is 12.1 Å². The first-order chi connectivity index (χ1) is 11.8. The lowest BCUT2D eigenvalue weighted by atomic mass is 10.1. The van der Waals surface area contributed by atoms with Crippen LogP contribution < -0.4 is 5.32 Å². The number of anilines is 1. The average Bonchev–Trinajstić information content (AvgIpc) is 3.20. The highest BCUT2D eigenvalue weighted by molar-refractivity contribution is 5.51. The molecule has 7 heteroatoms. The molecular formula is C17H20N6O. The lowest BCUT2D eigenvalue weighted by molar-refractivity contribution is 0.278. The second-order valence-corrected chi connectivity index (χ2v) is 6.59. The smallest absolute Gasteiger partial charge is 0.230 e. The summed E-state index contributed by atoms with van der Waals surface area (Å²) in [6, 6.07) is 5.73. The molecule has 2 fully saturated rings. The van der Waals surface area contributed by atoms with Crippen molar-refractivity contribution in [3.63, 3.8) is 0 Å². The van der Waals surface area contributed by atoms with Crippen LogP contribution >= 0.6 is 0 Å². The number of nitrogens with zero attached hydrogens (tertiary/aromatic N) is 5. The third-order valence-electron chi connectivity index (χ3n) is 4.62. The van der Waals surface area contributed by atoms with Crippen LogP contribution in [0.2, 0.25) is 0 Å². The van der Waals surface area contributed by atoms with Crippen LogP contribution in [0.25, 0.3) is 0 Å². The molecule has 1 aliphatic carbocycles. The van der Waals surface area contributed by atoms with Gasteiger partial charge in [-0.05, 0) is 43.9 Å². The van der Waals surface area contributed by atoms with Crippen molar-refractivity contribution in [1.82, 2.24) is 20.1 Å². The first-order valence-electron chi connectivity index (χ1n) is 8.45. The summed E-state index contributed by atoms with van der Waals surface area (Å²) < 4.78 is 5.74. The predicted octanol–water partition coefficient (Wildman–Crippen LogP) is 2.15. The van der Waals surface area contributed by atoms with Crippen molar-refractivity contribution in [3.05, 3.63) is 35.7 Å². The molecule has 0 radical (unpaired) electrons. The van der Waals surface area contributed by atoms with Crippen LogP contribution in [-0.4, -0.2) is 39.7 Å². The molecular weight excluding hydrogens is 304 g/mol. The zero-order valence-electron chi connectivity index (χ0n) is 13.5. The average molecular weight is 324 g/mol. The van der Waals surface area contributed by atoms with Crippen LogP contribution in [0, 0.1) is 17.2 Å². The molecule has 2 aliphatic rings. The number of likely N-dealkylation sites (tertiary alicyclic amines) is 1. The largest absolute Gasteiger partial charge is 0.424 e. The molecule has 1 aliphatic heterocycles. The van der Waals surface area contributed by atoms with E-state index in [1.807, 2.05) is 0 Å². The zero-order valence-corrected chi connectivity index (χ0v) is 13.5. The highest BCUT2D eigenvalue weighted by Crippen LogP contribution is 2.39. The van der Waals surface area contributed by atoms with Gasteiger partial charge in [0.15, 0.2) is 0 Å². The molecule has 1 saturated carbocycles. The van der Waals surface area contributed by atoms with Gasteiger partial charge in [-0.25, -0.2) is 4.98 Å². The van der Waals surface area contributed by atoms with Crippen molar-refractivity contribution in [2.24, 2.45) is 5.92 Å². The summed E-state index contributed by atoms with van der Waals surface area (Å²) in [5.74, 6) is 3.24. The maximum Gasteiger partial charge on any atom is 0.230 e. The van der Waals surface area contributed by atoms with E-state index in [0.29, 0.717) is 23.2 Å². The Morgan fingerprint density at radius 3 is 3.08 bits per heavy atom. The summed E-state index contributed by atoms with van der Waals surface area (Å²) in [6.45, 7) is 3.56. The fourth-order valence-corrected chi connectivity index (χ4v) is 3.12. The first kappa shape index (κ1) is 15.1. The van der Waals surface area contributed by atoms with Crippen LogP contribution in [0.1, 0.15) is 42.5 Å². The minimum absolute atomic E-state index is 0.509. The fraction of sp³-hybridized carbons (Fsp3) is 0.529. The molecule has 7 nitrogen and oxygen atoms in total. The molecule has 2 aromatic heterocycles. The van der Waals surface area contributed by atoms with Gasteiger partial charge in [0.1, 0.15) is 11.9 Å². The maximum atomic E-state index is 9.10. The van der Waals surface area contributed by atoms with E-state index in [9.17, 15) is 0 Å². The number of nitrogens with one attached hydrogen (secondary N) is 1. The van der Waals surface area contributed by atoms with Gasteiger partial charge in [-0.15, -0.1) is 10.2 Å². The third-order valence-corrected chi connectivity index (χ3v) is 4.62. The van der Waals surface area contributed by atoms with Crippen molar-refractivity contribution in [1.29, 1.82) is 5.26 Å². The maximum absolute atomic E-state index is 9.10. The third kappa shape index (κ3) is 3.39. The number of nitriles is 1. The Labute approximate surface area is 140 Å². The molecule has 24 heavy (non-hydrogen) atoms. The number of hydrogen-bond acceptors (Lipinski definition) is 7. The molecule has 3 heterocycles. The van der Waals surface area contributed by atoms with Gasteiger partial charge in [0.25, 0.3) is 0 Å². The van der Waals surface area contributed by atoms with E-state index in [0.717, 1.165) is 44.4 Å². The highest BCUT2D eigenvalue weighted by Gasteiger charge is 2.30. The van der Waals surface area contributed by atoms with Gasteiger partial charge in [0, 0.05) is 25.2 Å². The predicted molar refractivity (Wildman–Crippen MR) is 87.1 cm³/mol. The summed E-state index contributed by atoms with van der Waals surface area (Å²) in [5.41, 5.74) is 0.589. The normalized spacial score (nSPS) is 20.9. The van der Waals surface area contributed by atoms with Crippen molar-refractivity contribution in [2.45, 2.75) is 31.7 Å². The molecule has 1 atom stereocenters. The van der Waals surface area contributed by atoms with Gasteiger partial charge in [-0.2, -0.15) is 5.26 Å². The lowest BCUT2D eigenvalue weighted by Crippen LogP contribution is -2.23. The van der Waals surface area contributed by atoms with Gasteiger partial charge in [0.2, 0.25) is 11.8 Å². The lowest BCUT2D eigenvalue weighted by Gasteiger charge is -2.14. The summed E-state index contributed by atoms with van der Waals surface area (Å²) >= 11 is 0. The van der Waals surface area contributed by atoms with Crippen molar-refractivity contribution in [2.75, 3.05) is 25.0 Å². The number of rotatable bonds is 6. The Bertz CT molecular complexity index is 748. The molecule has 4 rings (SSSR count). The molecule has 1 saturated heterocycles. The highest BCUT2D eigenvalue weighted by atomic mass is 16.4. The summed E-state index contributed by atoms with van der Waals surface area (Å²) in [4.78, 5) is 6.59. The second-order valence-electron chi connectivity index (χ2n) is 6.59. The molecule has 0 unspecified atom stereocenters. The number of aromatic nitrogens is 3. The fourth-order valence-electron chi connectivity index (χ4n) is 3.12. The van der Waals surface area contributed by atoms with Crippen LogP contribution in [-0.2, 0) is 6.54 Å². The van der Waals surface area contributed by atoms with Gasteiger partial charge in [-0.1, -0.05) is 0 Å². The second kappa shape index (κ2) is 6.57. The van der Waals surface area contributed by atoms with E-state index in [-0.39, 0.29) is 0 Å². The summed E-state index contributed by atoms with van der Waals surface area (Å²) in [5, 5.41) is 20.7. The van der Waals surface area contributed by atoms with E-state index in [2.05, 4.69) is 31.5 Å². The molecule has 124 valence electrons. The van der Waals surface area contributed by atoms with Crippen molar-refractivity contribution < 1.29 is 4.42 Å². The molecule has 0 bridgehead atoms. The molecule has 0 amide bonds. The molecule has 1 N–H and O–H groups in total. The Morgan fingerprint density at radius 2 is 2.25 bits per heavy atom. The standard InChI is InChI=1S/C17H20N6O/c18-8-14-2-1-6-19-16(14)20-9-12-5-7-23(10-12)11-15-21-22-17(24-15)13-3-4-13/h1-2,6,12-13H,3-5,7,9-11H2,(H,19,20)/t12-/m1/s1. The molecule has 2 aromatic rings. The first-order valence-corrected chi connectivity index (χ1v) is 8.45. The quantitative estimate of drug-likeness (QED) is 0.870. The summed E-state index contributed by atoms with van der Waals surface area (Å²) in [7, 11) is 0.